The molecule has 1 aliphatic rings. The molecule has 26 heavy (non-hydrogen) atoms. The van der Waals surface area contributed by atoms with Gasteiger partial charge >= 0.3 is 0 Å². The Morgan fingerprint density at radius 3 is 2.69 bits per heavy atom. The number of hydrogen-bond acceptors (Lipinski definition) is 7. The molecule has 140 valence electrons. The zero-order chi connectivity index (χ0) is 18.9. The molecule has 8 nitrogen and oxygen atoms in total. The molecule has 1 aliphatic heterocycles. The molecule has 2 aromatic rings. The Balaban J connectivity index is 1.65. The van der Waals surface area contributed by atoms with Gasteiger partial charge in [-0.05, 0) is 37.6 Å². The summed E-state index contributed by atoms with van der Waals surface area (Å²) in [6, 6.07) is 5.30. The van der Waals surface area contributed by atoms with Gasteiger partial charge in [0.15, 0.2) is 15.7 Å². The van der Waals surface area contributed by atoms with Crippen LogP contribution in [0.1, 0.15) is 13.3 Å². The van der Waals surface area contributed by atoms with Gasteiger partial charge in [-0.3, -0.25) is 4.79 Å². The Labute approximate surface area is 154 Å². The highest BCUT2D eigenvalue weighted by Crippen LogP contribution is 2.25. The summed E-state index contributed by atoms with van der Waals surface area (Å²) in [6.45, 7) is 1.68. The monoisotopic (exact) mass is 399 g/mol. The lowest BCUT2D eigenvalue weighted by Crippen LogP contribution is -2.40. The van der Waals surface area contributed by atoms with E-state index in [-0.39, 0.29) is 29.3 Å². The van der Waals surface area contributed by atoms with E-state index in [0.717, 1.165) is 11.8 Å². The lowest BCUT2D eigenvalue weighted by molar-refractivity contribution is -0.120. The van der Waals surface area contributed by atoms with Crippen LogP contribution in [0.3, 0.4) is 0 Å². The molecule has 3 N–H and O–H groups in total. The molecular weight excluding hydrogens is 381 g/mol. The molecule has 0 radical (unpaired) electrons. The summed E-state index contributed by atoms with van der Waals surface area (Å²) in [5.41, 5.74) is 0.599. The van der Waals surface area contributed by atoms with Gasteiger partial charge in [-0.15, -0.1) is 10.2 Å². The lowest BCUT2D eigenvalue weighted by Gasteiger charge is -2.15. The van der Waals surface area contributed by atoms with Crippen molar-refractivity contribution in [2.24, 2.45) is 0 Å². The number of hydrogen-bond donors (Lipinski definition) is 2. The molecule has 3 rings (SSSR count). The Morgan fingerprint density at radius 2 is 2.08 bits per heavy atom. The minimum atomic E-state index is -3.06. The number of nitrogens with two attached hydrogens (primary N) is 1. The molecule has 0 aliphatic carbocycles. The molecule has 1 amide bonds. The Hall–Kier alpha value is -2.14. The molecule has 1 aromatic carbocycles. The van der Waals surface area contributed by atoms with Gasteiger partial charge < -0.3 is 11.2 Å². The number of benzene rings is 1. The van der Waals surface area contributed by atoms with Crippen LogP contribution in [0.15, 0.2) is 29.4 Å². The van der Waals surface area contributed by atoms with E-state index in [2.05, 4.69) is 15.5 Å². The first-order chi connectivity index (χ1) is 12.2. The van der Waals surface area contributed by atoms with Crippen LogP contribution in [0.25, 0.3) is 11.4 Å². The number of carbonyl (C=O) groups is 1. The number of nitrogens with one attached hydrogen (secondary N) is 1. The number of amides is 1. The first-order valence-corrected chi connectivity index (χ1v) is 10.6. The van der Waals surface area contributed by atoms with Gasteiger partial charge in [0.05, 0.1) is 16.8 Å². The van der Waals surface area contributed by atoms with Gasteiger partial charge in [0, 0.05) is 11.6 Å². The van der Waals surface area contributed by atoms with Gasteiger partial charge in [0.2, 0.25) is 11.1 Å². The predicted octanol–water partition coefficient (Wildman–Crippen LogP) is 0.582. The molecule has 0 unspecified atom stereocenters. The normalized spacial score (nSPS) is 20.0. The van der Waals surface area contributed by atoms with Crippen molar-refractivity contribution in [3.05, 3.63) is 30.1 Å². The van der Waals surface area contributed by atoms with Crippen molar-refractivity contribution in [2.75, 3.05) is 17.3 Å². The van der Waals surface area contributed by atoms with E-state index in [1.807, 2.05) is 0 Å². The van der Waals surface area contributed by atoms with Crippen molar-refractivity contribution in [1.82, 2.24) is 20.2 Å². The van der Waals surface area contributed by atoms with E-state index in [1.165, 1.54) is 28.9 Å². The van der Waals surface area contributed by atoms with Crippen molar-refractivity contribution in [3.63, 3.8) is 0 Å². The number of rotatable bonds is 5. The van der Waals surface area contributed by atoms with Crippen LogP contribution >= 0.6 is 11.8 Å². The molecule has 1 aromatic heterocycles. The number of nitrogen functional groups attached to an aromatic ring is 1. The highest BCUT2D eigenvalue weighted by atomic mass is 32.2. The molecule has 1 saturated heterocycles. The number of aromatic nitrogens is 3. The van der Waals surface area contributed by atoms with Gasteiger partial charge in [-0.2, -0.15) is 0 Å². The predicted molar refractivity (Wildman–Crippen MR) is 96.1 cm³/mol. The van der Waals surface area contributed by atoms with E-state index < -0.39 is 15.1 Å². The van der Waals surface area contributed by atoms with Crippen molar-refractivity contribution >= 4 is 27.5 Å². The molecule has 2 atom stereocenters. The Morgan fingerprint density at radius 1 is 1.38 bits per heavy atom. The van der Waals surface area contributed by atoms with E-state index in [9.17, 15) is 17.6 Å². The Kier molecular flexibility index (Phi) is 5.19. The topological polar surface area (TPSA) is 120 Å². The van der Waals surface area contributed by atoms with Crippen LogP contribution in [-0.4, -0.2) is 52.0 Å². The zero-order valence-electron chi connectivity index (χ0n) is 13.9. The first-order valence-electron chi connectivity index (χ1n) is 7.89. The summed E-state index contributed by atoms with van der Waals surface area (Å²) < 4.78 is 37.2. The lowest BCUT2D eigenvalue weighted by atomic mass is 10.2. The largest absolute Gasteiger partial charge is 0.351 e. The van der Waals surface area contributed by atoms with Crippen molar-refractivity contribution in [3.8, 4) is 11.4 Å². The molecule has 0 saturated carbocycles. The average molecular weight is 399 g/mol. The second-order valence-corrected chi connectivity index (χ2v) is 9.59. The minimum Gasteiger partial charge on any atom is -0.351 e. The maximum Gasteiger partial charge on any atom is 0.233 e. The second-order valence-electron chi connectivity index (χ2n) is 6.05. The van der Waals surface area contributed by atoms with Crippen molar-refractivity contribution < 1.29 is 17.6 Å². The summed E-state index contributed by atoms with van der Waals surface area (Å²) in [6.07, 6.45) is 0.424. The number of thioether (sulfide) groups is 1. The molecule has 0 spiro atoms. The van der Waals surface area contributed by atoms with Crippen LogP contribution in [0.5, 0.6) is 0 Å². The maximum atomic E-state index is 13.0. The van der Waals surface area contributed by atoms with Gasteiger partial charge in [-0.25, -0.2) is 17.5 Å². The van der Waals surface area contributed by atoms with E-state index in [0.29, 0.717) is 23.0 Å². The van der Waals surface area contributed by atoms with Crippen LogP contribution in [-0.2, 0) is 14.6 Å². The van der Waals surface area contributed by atoms with E-state index >= 15 is 0 Å². The van der Waals surface area contributed by atoms with Crippen LogP contribution < -0.4 is 11.2 Å². The second kappa shape index (κ2) is 7.23. The molecule has 1 fully saturated rings. The van der Waals surface area contributed by atoms with E-state index in [1.54, 1.807) is 6.92 Å². The summed E-state index contributed by atoms with van der Waals surface area (Å²) in [4.78, 5) is 12.3. The highest BCUT2D eigenvalue weighted by Gasteiger charge is 2.30. The van der Waals surface area contributed by atoms with Gasteiger partial charge in [0.25, 0.3) is 0 Å². The fourth-order valence-electron chi connectivity index (χ4n) is 2.59. The fourth-order valence-corrected chi connectivity index (χ4v) is 5.04. The molecule has 2 heterocycles. The fraction of sp³-hybridized carbons (Fsp3) is 0.400. The molecule has 0 bridgehead atoms. The van der Waals surface area contributed by atoms with Gasteiger partial charge in [-0.1, -0.05) is 11.8 Å². The van der Waals surface area contributed by atoms with Crippen LogP contribution in [0, 0.1) is 5.82 Å². The average Bonchev–Trinajstić information content (AvgIpc) is 3.11. The summed E-state index contributed by atoms with van der Waals surface area (Å²) >= 11 is 1.11. The summed E-state index contributed by atoms with van der Waals surface area (Å²) in [5.74, 6) is 5.74. The first kappa shape index (κ1) is 18.6. The number of carbonyl (C=O) groups excluding carboxylic acids is 1. The number of halogens is 1. The molecule has 11 heteroatoms. The minimum absolute atomic E-state index is 0.0298. The number of nitrogens with zero attached hydrogens (tertiary/aromatic N) is 3. The summed E-state index contributed by atoms with van der Waals surface area (Å²) in [7, 11) is -3.06. The quantitative estimate of drug-likeness (QED) is 0.557. The van der Waals surface area contributed by atoms with Gasteiger partial charge in [0.1, 0.15) is 5.82 Å². The maximum absolute atomic E-state index is 13.0. The van der Waals surface area contributed by atoms with Crippen molar-refractivity contribution in [1.29, 1.82) is 0 Å². The SMILES string of the molecule is C[C@@H](Sc1nnc(-c2ccc(F)cc2)n1N)C(=O)N[C@@H]1CCS(=O)(=O)C1. The zero-order valence-corrected chi connectivity index (χ0v) is 15.6. The molecular formula is C15H18FN5O3S2. The Bertz CT molecular complexity index is 914. The third kappa shape index (κ3) is 4.15. The van der Waals surface area contributed by atoms with Crippen LogP contribution in [0.2, 0.25) is 0 Å². The van der Waals surface area contributed by atoms with Crippen molar-refractivity contribution in [2.45, 2.75) is 29.8 Å². The van der Waals surface area contributed by atoms with Crippen LogP contribution in [0.4, 0.5) is 4.39 Å². The smallest absolute Gasteiger partial charge is 0.233 e. The third-order valence-electron chi connectivity index (χ3n) is 4.00. The standard InChI is InChI=1S/C15H18FN5O3S2/c1-9(14(22)18-12-6-7-26(23,24)8-12)25-15-20-19-13(21(15)17)10-2-4-11(16)5-3-10/h2-5,9,12H,6-8,17H2,1H3,(H,18,22)/t9-,12-/m1/s1. The number of sulfone groups is 1. The third-order valence-corrected chi connectivity index (χ3v) is 6.82. The highest BCUT2D eigenvalue weighted by molar-refractivity contribution is 8.00. The summed E-state index contributed by atoms with van der Waals surface area (Å²) in [5, 5.41) is 10.5. The van der Waals surface area contributed by atoms with E-state index in [4.69, 9.17) is 5.84 Å².